The molecule has 0 spiro atoms. The Balaban J connectivity index is 2.65. The molecule has 1 rings (SSSR count). The molecule has 0 aromatic rings. The maximum absolute atomic E-state index is 10.5. The molecule has 0 aromatic heterocycles. The van der Waals surface area contributed by atoms with E-state index in [1.807, 2.05) is 11.8 Å². The zero-order chi connectivity index (χ0) is 10.7. The molecule has 0 saturated carbocycles. The first-order chi connectivity index (χ1) is 6.50. The molecule has 0 radical (unpaired) electrons. The highest BCUT2D eigenvalue weighted by molar-refractivity contribution is 8.00. The highest BCUT2D eigenvalue weighted by atomic mass is 32.2. The van der Waals surface area contributed by atoms with Crippen molar-refractivity contribution < 1.29 is 4.79 Å². The van der Waals surface area contributed by atoms with Gasteiger partial charge in [0.2, 0.25) is 0 Å². The number of urea groups is 1. The molecule has 14 heavy (non-hydrogen) atoms. The summed E-state index contributed by atoms with van der Waals surface area (Å²) in [7, 11) is 0. The molecule has 1 saturated heterocycles. The summed E-state index contributed by atoms with van der Waals surface area (Å²) in [6.45, 7) is 6.49. The fraction of sp³-hybridized carbons (Fsp3) is 0.778. The number of rotatable bonds is 1. The molecule has 1 fully saturated rings. The van der Waals surface area contributed by atoms with Crippen molar-refractivity contribution in [1.82, 2.24) is 5.43 Å². The van der Waals surface area contributed by atoms with Crippen molar-refractivity contribution in [2.75, 3.05) is 0 Å². The zero-order valence-corrected chi connectivity index (χ0v) is 9.60. The Morgan fingerprint density at radius 1 is 1.57 bits per heavy atom. The zero-order valence-electron chi connectivity index (χ0n) is 8.78. The van der Waals surface area contributed by atoms with Gasteiger partial charge in [-0.25, -0.2) is 10.2 Å². The number of thioether (sulfide) groups is 1. The van der Waals surface area contributed by atoms with Crippen LogP contribution in [0, 0.1) is 5.92 Å². The summed E-state index contributed by atoms with van der Waals surface area (Å²) in [5.41, 5.74) is 8.31. The van der Waals surface area contributed by atoms with Crippen LogP contribution in [0.3, 0.4) is 0 Å². The number of hydrogen-bond donors (Lipinski definition) is 2. The predicted octanol–water partition coefficient (Wildman–Crippen LogP) is 1.56. The van der Waals surface area contributed by atoms with Gasteiger partial charge in [-0.1, -0.05) is 20.8 Å². The van der Waals surface area contributed by atoms with Gasteiger partial charge in [0.25, 0.3) is 0 Å². The fourth-order valence-corrected chi connectivity index (χ4v) is 2.95. The smallest absolute Gasteiger partial charge is 0.332 e. The van der Waals surface area contributed by atoms with Crippen LogP contribution in [0.5, 0.6) is 0 Å². The van der Waals surface area contributed by atoms with Crippen molar-refractivity contribution in [3.8, 4) is 0 Å². The lowest BCUT2D eigenvalue weighted by Crippen LogP contribution is -2.34. The van der Waals surface area contributed by atoms with Gasteiger partial charge in [-0.2, -0.15) is 16.9 Å². The SMILES string of the molecule is CC1C/C(=N\NC(N)=O)C(C)C(C)S1. The molecule has 1 heterocycles. The molecule has 2 amide bonds. The van der Waals surface area contributed by atoms with Crippen LogP contribution in [0.4, 0.5) is 4.79 Å². The Hall–Kier alpha value is -0.710. The molecule has 3 N–H and O–H groups in total. The third-order valence-corrected chi connectivity index (χ3v) is 3.95. The molecule has 1 aliphatic heterocycles. The summed E-state index contributed by atoms with van der Waals surface area (Å²) >= 11 is 1.96. The van der Waals surface area contributed by atoms with Gasteiger partial charge in [0.15, 0.2) is 0 Å². The standard InChI is InChI=1S/C9H17N3OS/c1-5-4-8(11-12-9(10)13)6(2)7(3)14-5/h5-7H,4H2,1-3H3,(H3,10,12,13)/b11-8+. The molecule has 80 valence electrons. The van der Waals surface area contributed by atoms with E-state index in [0.717, 1.165) is 12.1 Å². The van der Waals surface area contributed by atoms with Crippen LogP contribution in [-0.4, -0.2) is 22.2 Å². The van der Waals surface area contributed by atoms with Crippen molar-refractivity contribution >= 4 is 23.5 Å². The Kier molecular flexibility index (Phi) is 3.80. The number of primary amides is 1. The van der Waals surface area contributed by atoms with E-state index in [0.29, 0.717) is 16.4 Å². The monoisotopic (exact) mass is 215 g/mol. The van der Waals surface area contributed by atoms with Gasteiger partial charge in [0.05, 0.1) is 0 Å². The van der Waals surface area contributed by atoms with Gasteiger partial charge in [-0.15, -0.1) is 0 Å². The quantitative estimate of drug-likeness (QED) is 0.652. The Labute approximate surface area is 88.7 Å². The van der Waals surface area contributed by atoms with Crippen molar-refractivity contribution in [3.63, 3.8) is 0 Å². The summed E-state index contributed by atoms with van der Waals surface area (Å²) < 4.78 is 0. The lowest BCUT2D eigenvalue weighted by molar-refractivity contribution is 0.249. The third-order valence-electron chi connectivity index (χ3n) is 2.48. The first kappa shape index (κ1) is 11.4. The summed E-state index contributed by atoms with van der Waals surface area (Å²) in [6.07, 6.45) is 0.927. The van der Waals surface area contributed by atoms with Gasteiger partial charge in [0.1, 0.15) is 0 Å². The number of carbonyl (C=O) groups excluding carboxylic acids is 1. The Morgan fingerprint density at radius 3 is 2.79 bits per heavy atom. The number of nitrogens with zero attached hydrogens (tertiary/aromatic N) is 1. The molecule has 3 unspecified atom stereocenters. The summed E-state index contributed by atoms with van der Waals surface area (Å²) in [5.74, 6) is 0.406. The Morgan fingerprint density at radius 2 is 2.21 bits per heavy atom. The highest BCUT2D eigenvalue weighted by Crippen LogP contribution is 2.33. The highest BCUT2D eigenvalue weighted by Gasteiger charge is 2.27. The van der Waals surface area contributed by atoms with Crippen LogP contribution in [0.2, 0.25) is 0 Å². The summed E-state index contributed by atoms with van der Waals surface area (Å²) in [6, 6.07) is -0.594. The van der Waals surface area contributed by atoms with Crippen LogP contribution < -0.4 is 11.2 Å². The van der Waals surface area contributed by atoms with Gasteiger partial charge >= 0.3 is 6.03 Å². The van der Waals surface area contributed by atoms with E-state index in [9.17, 15) is 4.79 Å². The summed E-state index contributed by atoms with van der Waals surface area (Å²) in [4.78, 5) is 10.5. The molecule has 1 aliphatic rings. The average molecular weight is 215 g/mol. The number of nitrogens with one attached hydrogen (secondary N) is 1. The lowest BCUT2D eigenvalue weighted by atomic mass is 9.98. The van der Waals surface area contributed by atoms with E-state index >= 15 is 0 Å². The number of amides is 2. The minimum atomic E-state index is -0.594. The summed E-state index contributed by atoms with van der Waals surface area (Å²) in [5, 5.41) is 5.16. The molecule has 0 bridgehead atoms. The first-order valence-corrected chi connectivity index (χ1v) is 5.72. The fourth-order valence-electron chi connectivity index (χ4n) is 1.56. The Bertz CT molecular complexity index is 254. The number of hydrazone groups is 1. The molecular weight excluding hydrogens is 198 g/mol. The number of nitrogens with two attached hydrogens (primary N) is 1. The molecule has 5 heteroatoms. The van der Waals surface area contributed by atoms with Crippen LogP contribution in [0.25, 0.3) is 0 Å². The van der Waals surface area contributed by atoms with E-state index in [1.165, 1.54) is 0 Å². The van der Waals surface area contributed by atoms with Gasteiger partial charge in [0, 0.05) is 22.1 Å². The number of hydrogen-bond acceptors (Lipinski definition) is 3. The van der Waals surface area contributed by atoms with E-state index < -0.39 is 6.03 Å². The minimum Gasteiger partial charge on any atom is -0.350 e. The molecule has 0 aromatic carbocycles. The topological polar surface area (TPSA) is 67.5 Å². The molecule has 4 nitrogen and oxygen atoms in total. The van der Waals surface area contributed by atoms with Crippen LogP contribution in [0.1, 0.15) is 27.2 Å². The van der Waals surface area contributed by atoms with Crippen molar-refractivity contribution in [2.24, 2.45) is 16.8 Å². The van der Waals surface area contributed by atoms with E-state index in [-0.39, 0.29) is 0 Å². The van der Waals surface area contributed by atoms with Gasteiger partial charge in [-0.3, -0.25) is 0 Å². The predicted molar refractivity (Wildman–Crippen MR) is 60.5 cm³/mol. The van der Waals surface area contributed by atoms with Crippen molar-refractivity contribution in [1.29, 1.82) is 0 Å². The molecular formula is C9H17N3OS. The second-order valence-corrected chi connectivity index (χ2v) is 5.54. The van der Waals surface area contributed by atoms with Crippen molar-refractivity contribution in [2.45, 2.75) is 37.7 Å². The maximum atomic E-state index is 10.5. The van der Waals surface area contributed by atoms with E-state index in [2.05, 4.69) is 31.3 Å². The second-order valence-electron chi connectivity index (χ2n) is 3.72. The molecule has 0 aliphatic carbocycles. The van der Waals surface area contributed by atoms with Gasteiger partial charge < -0.3 is 5.73 Å². The van der Waals surface area contributed by atoms with E-state index in [1.54, 1.807) is 0 Å². The minimum absolute atomic E-state index is 0.406. The molecule has 3 atom stereocenters. The second kappa shape index (κ2) is 4.68. The van der Waals surface area contributed by atoms with Gasteiger partial charge in [-0.05, 0) is 6.42 Å². The average Bonchev–Trinajstić information content (AvgIpc) is 2.08. The van der Waals surface area contributed by atoms with Crippen LogP contribution >= 0.6 is 11.8 Å². The van der Waals surface area contributed by atoms with Crippen molar-refractivity contribution in [3.05, 3.63) is 0 Å². The first-order valence-electron chi connectivity index (χ1n) is 4.78. The van der Waals surface area contributed by atoms with Crippen LogP contribution in [0.15, 0.2) is 5.10 Å². The third kappa shape index (κ3) is 2.90. The van der Waals surface area contributed by atoms with E-state index in [4.69, 9.17) is 5.73 Å². The lowest BCUT2D eigenvalue weighted by Gasteiger charge is -2.30. The normalized spacial score (nSPS) is 35.6. The largest absolute Gasteiger partial charge is 0.350 e. The number of carbonyl (C=O) groups is 1. The maximum Gasteiger partial charge on any atom is 0.332 e. The van der Waals surface area contributed by atoms with Crippen LogP contribution in [-0.2, 0) is 0 Å².